The van der Waals surface area contributed by atoms with Gasteiger partial charge in [0, 0.05) is 30.4 Å². The maximum absolute atomic E-state index is 12.1. The molecule has 0 aliphatic carbocycles. The summed E-state index contributed by atoms with van der Waals surface area (Å²) in [5, 5.41) is 37.1. The van der Waals surface area contributed by atoms with Gasteiger partial charge in [-0.2, -0.15) is 0 Å². The van der Waals surface area contributed by atoms with E-state index >= 15 is 0 Å². The number of nitrogens with one attached hydrogen (secondary N) is 1. The van der Waals surface area contributed by atoms with E-state index in [4.69, 9.17) is 9.84 Å². The van der Waals surface area contributed by atoms with Gasteiger partial charge >= 0.3 is 5.69 Å². The molecular formula is C15H21N5O6. The molecular weight excluding hydrogens is 346 g/mol. The molecule has 4 atom stereocenters. The van der Waals surface area contributed by atoms with Crippen molar-refractivity contribution in [1.82, 2.24) is 24.5 Å². The molecule has 3 heterocycles. The number of aliphatic hydroxyl groups excluding tert-OH is 3. The Balaban J connectivity index is 1.92. The highest BCUT2D eigenvalue weighted by Crippen LogP contribution is 2.28. The standard InChI is InChI=1S/C15H21N5O6/c1-7(2)20-5-9(17-18-20)3-8-4-19(15(25)16-13(8)24)14-12(23)11(22)10(6-21)26-14/h4-5,7,10-12,14,21-23H,3,6H2,1-2H3,(H,16,24,25). The van der Waals surface area contributed by atoms with Crippen molar-refractivity contribution in [2.75, 3.05) is 6.61 Å². The lowest BCUT2D eigenvalue weighted by Gasteiger charge is -2.17. The van der Waals surface area contributed by atoms with Gasteiger partial charge in [0.1, 0.15) is 18.3 Å². The minimum Gasteiger partial charge on any atom is -0.394 e. The second-order valence-electron chi connectivity index (χ2n) is 6.51. The Morgan fingerprint density at radius 3 is 2.58 bits per heavy atom. The molecule has 0 saturated carbocycles. The van der Waals surface area contributed by atoms with E-state index in [1.165, 1.54) is 6.20 Å². The zero-order valence-electron chi connectivity index (χ0n) is 14.3. The average Bonchev–Trinajstić information content (AvgIpc) is 3.17. The van der Waals surface area contributed by atoms with Crippen molar-refractivity contribution < 1.29 is 20.1 Å². The minimum absolute atomic E-state index is 0.113. The normalized spacial score (nSPS) is 25.9. The second-order valence-corrected chi connectivity index (χ2v) is 6.51. The molecule has 0 radical (unpaired) electrons. The van der Waals surface area contributed by atoms with Crippen LogP contribution in [0.3, 0.4) is 0 Å². The Hall–Kier alpha value is -2.34. The van der Waals surface area contributed by atoms with E-state index in [9.17, 15) is 19.8 Å². The van der Waals surface area contributed by atoms with E-state index in [1.807, 2.05) is 13.8 Å². The molecule has 142 valence electrons. The number of ether oxygens (including phenoxy) is 1. The highest BCUT2D eigenvalue weighted by atomic mass is 16.6. The average molecular weight is 367 g/mol. The maximum Gasteiger partial charge on any atom is 0.330 e. The molecule has 1 saturated heterocycles. The molecule has 11 nitrogen and oxygen atoms in total. The van der Waals surface area contributed by atoms with E-state index in [-0.39, 0.29) is 18.0 Å². The third kappa shape index (κ3) is 3.33. The Bertz CT molecular complexity index is 887. The number of hydrogen-bond donors (Lipinski definition) is 4. The summed E-state index contributed by atoms with van der Waals surface area (Å²) in [5.41, 5.74) is -0.620. The predicted molar refractivity (Wildman–Crippen MR) is 87.5 cm³/mol. The molecule has 4 N–H and O–H groups in total. The first kappa shape index (κ1) is 18.5. The van der Waals surface area contributed by atoms with E-state index in [0.29, 0.717) is 5.69 Å². The molecule has 0 amide bonds. The highest BCUT2D eigenvalue weighted by Gasteiger charge is 2.43. The van der Waals surface area contributed by atoms with Crippen LogP contribution in [-0.2, 0) is 11.2 Å². The third-order valence-electron chi connectivity index (χ3n) is 4.29. The minimum atomic E-state index is -1.43. The summed E-state index contributed by atoms with van der Waals surface area (Å²) >= 11 is 0. The molecule has 1 aliphatic rings. The van der Waals surface area contributed by atoms with Crippen LogP contribution >= 0.6 is 0 Å². The van der Waals surface area contributed by atoms with Gasteiger partial charge in [-0.3, -0.25) is 14.3 Å². The molecule has 3 rings (SSSR count). The fraction of sp³-hybridized carbons (Fsp3) is 0.600. The molecule has 2 aromatic rings. The van der Waals surface area contributed by atoms with E-state index in [0.717, 1.165) is 4.57 Å². The van der Waals surface area contributed by atoms with Gasteiger partial charge in [-0.05, 0) is 13.8 Å². The Morgan fingerprint density at radius 2 is 2.00 bits per heavy atom. The van der Waals surface area contributed by atoms with Crippen LogP contribution in [0.5, 0.6) is 0 Å². The summed E-state index contributed by atoms with van der Waals surface area (Å²) in [6.45, 7) is 3.36. The largest absolute Gasteiger partial charge is 0.394 e. The second kappa shape index (κ2) is 7.11. The molecule has 2 aromatic heterocycles. The van der Waals surface area contributed by atoms with E-state index < -0.39 is 42.4 Å². The van der Waals surface area contributed by atoms with Gasteiger partial charge in [-0.1, -0.05) is 5.21 Å². The summed E-state index contributed by atoms with van der Waals surface area (Å²) in [6.07, 6.45) is -1.94. The number of nitrogens with zero attached hydrogens (tertiary/aromatic N) is 4. The topological polar surface area (TPSA) is 155 Å². The number of aliphatic hydroxyl groups is 3. The van der Waals surface area contributed by atoms with Gasteiger partial charge in [-0.25, -0.2) is 9.48 Å². The van der Waals surface area contributed by atoms with Crippen LogP contribution in [0.4, 0.5) is 0 Å². The first-order valence-electron chi connectivity index (χ1n) is 8.19. The molecule has 0 bridgehead atoms. The van der Waals surface area contributed by atoms with Gasteiger partial charge in [0.25, 0.3) is 5.56 Å². The first-order chi connectivity index (χ1) is 12.3. The van der Waals surface area contributed by atoms with Gasteiger partial charge in [0.05, 0.1) is 12.3 Å². The summed E-state index contributed by atoms with van der Waals surface area (Å²) in [7, 11) is 0. The third-order valence-corrected chi connectivity index (χ3v) is 4.29. The maximum atomic E-state index is 12.1. The van der Waals surface area contributed by atoms with Crippen LogP contribution < -0.4 is 11.2 Å². The molecule has 26 heavy (non-hydrogen) atoms. The number of aromatic amines is 1. The van der Waals surface area contributed by atoms with Crippen LogP contribution in [-0.4, -0.2) is 64.8 Å². The van der Waals surface area contributed by atoms with Crippen molar-refractivity contribution in [3.05, 3.63) is 44.5 Å². The fourth-order valence-electron chi connectivity index (χ4n) is 2.79. The van der Waals surface area contributed by atoms with Gasteiger partial charge in [0.15, 0.2) is 6.23 Å². The smallest absolute Gasteiger partial charge is 0.330 e. The van der Waals surface area contributed by atoms with Crippen molar-refractivity contribution in [2.45, 2.75) is 50.8 Å². The van der Waals surface area contributed by atoms with Crippen molar-refractivity contribution >= 4 is 0 Å². The quantitative estimate of drug-likeness (QED) is 0.469. The first-order valence-corrected chi connectivity index (χ1v) is 8.19. The van der Waals surface area contributed by atoms with Gasteiger partial charge < -0.3 is 20.1 Å². The van der Waals surface area contributed by atoms with Crippen LogP contribution in [0.2, 0.25) is 0 Å². The lowest BCUT2D eigenvalue weighted by molar-refractivity contribution is -0.0551. The zero-order chi connectivity index (χ0) is 19.0. The lowest BCUT2D eigenvalue weighted by atomic mass is 10.1. The molecule has 4 unspecified atom stereocenters. The zero-order valence-corrected chi connectivity index (χ0v) is 14.3. The number of aromatic nitrogens is 5. The number of rotatable bonds is 5. The number of hydrogen-bond acceptors (Lipinski definition) is 8. The SMILES string of the molecule is CC(C)n1cc(Cc2cn(C3OC(CO)C(O)C3O)c(=O)[nH]c2=O)nn1. The molecule has 0 spiro atoms. The Labute approximate surface area is 147 Å². The van der Waals surface area contributed by atoms with Crippen molar-refractivity contribution in [3.63, 3.8) is 0 Å². The van der Waals surface area contributed by atoms with Gasteiger partial charge in [-0.15, -0.1) is 5.10 Å². The Kier molecular flexibility index (Phi) is 5.05. The summed E-state index contributed by atoms with van der Waals surface area (Å²) in [6, 6.07) is 0.113. The lowest BCUT2D eigenvalue weighted by Crippen LogP contribution is -2.39. The number of H-pyrrole nitrogens is 1. The van der Waals surface area contributed by atoms with Crippen LogP contribution in [0.1, 0.15) is 37.4 Å². The van der Waals surface area contributed by atoms with Gasteiger partial charge in [0.2, 0.25) is 0 Å². The van der Waals surface area contributed by atoms with Crippen molar-refractivity contribution in [2.24, 2.45) is 0 Å². The van der Waals surface area contributed by atoms with E-state index in [2.05, 4.69) is 15.3 Å². The monoisotopic (exact) mass is 367 g/mol. The fourth-order valence-corrected chi connectivity index (χ4v) is 2.79. The summed E-state index contributed by atoms with van der Waals surface area (Å²) < 4.78 is 7.98. The highest BCUT2D eigenvalue weighted by molar-refractivity contribution is 5.14. The molecule has 0 aromatic carbocycles. The Morgan fingerprint density at radius 1 is 1.27 bits per heavy atom. The summed E-state index contributed by atoms with van der Waals surface area (Å²) in [5.74, 6) is 0. The van der Waals surface area contributed by atoms with Crippen LogP contribution in [0.25, 0.3) is 0 Å². The van der Waals surface area contributed by atoms with Crippen molar-refractivity contribution in [1.29, 1.82) is 0 Å². The summed E-state index contributed by atoms with van der Waals surface area (Å²) in [4.78, 5) is 26.4. The van der Waals surface area contributed by atoms with Crippen molar-refractivity contribution in [3.8, 4) is 0 Å². The van der Waals surface area contributed by atoms with Crippen LogP contribution in [0.15, 0.2) is 22.0 Å². The predicted octanol–water partition coefficient (Wildman–Crippen LogP) is -2.09. The van der Waals surface area contributed by atoms with Crippen LogP contribution in [0, 0.1) is 0 Å². The molecule has 1 aliphatic heterocycles. The molecule has 1 fully saturated rings. The molecule has 11 heteroatoms. The van der Waals surface area contributed by atoms with E-state index in [1.54, 1.807) is 10.9 Å².